The van der Waals surface area contributed by atoms with Crippen LogP contribution >= 0.6 is 0 Å². The number of nitrogens with zero attached hydrogens (tertiary/aromatic N) is 2. The monoisotopic (exact) mass is 493 g/mol. The van der Waals surface area contributed by atoms with Crippen molar-refractivity contribution in [2.75, 3.05) is 19.7 Å². The van der Waals surface area contributed by atoms with E-state index in [2.05, 4.69) is 23.7 Å². The Hall–Kier alpha value is -3.64. The predicted molar refractivity (Wildman–Crippen MR) is 131 cm³/mol. The number of hydrogen-bond donors (Lipinski definition) is 1. The summed E-state index contributed by atoms with van der Waals surface area (Å²) in [6, 6.07) is 4.00. The smallest absolute Gasteiger partial charge is 0.410 e. The third-order valence-corrected chi connectivity index (χ3v) is 6.27. The summed E-state index contributed by atoms with van der Waals surface area (Å²) in [5.41, 5.74) is 1.17. The molecular formula is C27H31N3O6. The highest BCUT2D eigenvalue weighted by Crippen LogP contribution is 2.29. The van der Waals surface area contributed by atoms with E-state index < -0.39 is 29.4 Å². The largest absolute Gasteiger partial charge is 0.444 e. The summed E-state index contributed by atoms with van der Waals surface area (Å²) >= 11 is 0. The fraction of sp³-hybridized carbons (Fsp3) is 0.481. The molecule has 4 amide bonds. The van der Waals surface area contributed by atoms with Crippen molar-refractivity contribution in [1.82, 2.24) is 15.1 Å². The van der Waals surface area contributed by atoms with Gasteiger partial charge in [0.1, 0.15) is 18.2 Å². The molecule has 2 saturated heterocycles. The van der Waals surface area contributed by atoms with Crippen LogP contribution < -0.4 is 5.32 Å². The van der Waals surface area contributed by atoms with Crippen LogP contribution in [0.2, 0.25) is 0 Å². The number of imide groups is 1. The van der Waals surface area contributed by atoms with Crippen molar-refractivity contribution in [3.63, 3.8) is 0 Å². The van der Waals surface area contributed by atoms with Gasteiger partial charge in [0, 0.05) is 24.4 Å². The van der Waals surface area contributed by atoms with Crippen LogP contribution in [-0.2, 0) is 14.3 Å². The first-order valence-electron chi connectivity index (χ1n) is 12.1. The molecule has 9 nitrogen and oxygen atoms in total. The van der Waals surface area contributed by atoms with E-state index in [1.54, 1.807) is 23.1 Å². The quantitative estimate of drug-likeness (QED) is 0.513. The normalized spacial score (nSPS) is 20.6. The second kappa shape index (κ2) is 10.2. The van der Waals surface area contributed by atoms with Gasteiger partial charge >= 0.3 is 6.09 Å². The van der Waals surface area contributed by atoms with Crippen LogP contribution in [0.1, 0.15) is 72.7 Å². The van der Waals surface area contributed by atoms with Crippen molar-refractivity contribution in [3.05, 3.63) is 47.2 Å². The highest BCUT2D eigenvalue weighted by Gasteiger charge is 2.43. The Kier molecular flexibility index (Phi) is 7.18. The van der Waals surface area contributed by atoms with Crippen LogP contribution in [0, 0.1) is 11.8 Å². The fourth-order valence-corrected chi connectivity index (χ4v) is 4.46. The number of carbonyl (C=O) groups excluding carboxylic acids is 4. The van der Waals surface area contributed by atoms with E-state index in [1.165, 1.54) is 0 Å². The molecule has 0 aromatic heterocycles. The molecule has 190 valence electrons. The van der Waals surface area contributed by atoms with E-state index in [-0.39, 0.29) is 29.9 Å². The highest BCUT2D eigenvalue weighted by molar-refractivity contribution is 6.23. The Morgan fingerprint density at radius 1 is 1.11 bits per heavy atom. The Bertz CT molecular complexity index is 1160. The van der Waals surface area contributed by atoms with E-state index >= 15 is 0 Å². The first kappa shape index (κ1) is 25.5. The van der Waals surface area contributed by atoms with Crippen LogP contribution in [0.3, 0.4) is 0 Å². The minimum Gasteiger partial charge on any atom is -0.444 e. The summed E-state index contributed by atoms with van der Waals surface area (Å²) in [6.07, 6.45) is 1.97. The number of rotatable bonds is 3. The van der Waals surface area contributed by atoms with Crippen molar-refractivity contribution in [1.29, 1.82) is 0 Å². The molecule has 36 heavy (non-hydrogen) atoms. The number of nitrogens with one attached hydrogen (secondary N) is 1. The minimum atomic E-state index is -0.840. The molecule has 9 heteroatoms. The molecule has 0 bridgehead atoms. The summed E-state index contributed by atoms with van der Waals surface area (Å²) in [4.78, 5) is 53.0. The lowest BCUT2D eigenvalue weighted by Gasteiger charge is -2.33. The molecule has 1 unspecified atom stereocenters. The van der Waals surface area contributed by atoms with E-state index in [1.807, 2.05) is 20.8 Å². The molecule has 1 aromatic rings. The summed E-state index contributed by atoms with van der Waals surface area (Å²) in [7, 11) is 0. The fourth-order valence-electron chi connectivity index (χ4n) is 4.46. The SMILES string of the molecule is C=C1CCC(N2C(=O)c3ccc(C#CCOC4CCN(C(=O)OC(C)(C)C)CC4)cc3C2=O)C(=O)N1. The number of hydrogen-bond acceptors (Lipinski definition) is 6. The maximum Gasteiger partial charge on any atom is 0.410 e. The van der Waals surface area contributed by atoms with Gasteiger partial charge in [-0.25, -0.2) is 4.79 Å². The average Bonchev–Trinajstić information content (AvgIpc) is 3.06. The lowest BCUT2D eigenvalue weighted by molar-refractivity contribution is -0.125. The van der Waals surface area contributed by atoms with Gasteiger partial charge in [-0.15, -0.1) is 0 Å². The second-order valence-corrected chi connectivity index (χ2v) is 10.2. The van der Waals surface area contributed by atoms with Crippen LogP contribution in [0.4, 0.5) is 4.79 Å². The van der Waals surface area contributed by atoms with Gasteiger partial charge in [-0.05, 0) is 64.7 Å². The number of likely N-dealkylation sites (tertiary alicyclic amines) is 1. The molecule has 0 radical (unpaired) electrons. The van der Waals surface area contributed by atoms with Crippen molar-refractivity contribution >= 4 is 23.8 Å². The molecule has 0 spiro atoms. The van der Waals surface area contributed by atoms with E-state index in [0.717, 1.165) is 4.90 Å². The third-order valence-electron chi connectivity index (χ3n) is 6.27. The van der Waals surface area contributed by atoms with Gasteiger partial charge in [0.15, 0.2) is 0 Å². The van der Waals surface area contributed by atoms with Crippen LogP contribution in [0.15, 0.2) is 30.5 Å². The number of benzene rings is 1. The van der Waals surface area contributed by atoms with Gasteiger partial charge in [0.25, 0.3) is 11.8 Å². The molecule has 3 aliphatic rings. The van der Waals surface area contributed by atoms with Crippen molar-refractivity contribution in [3.8, 4) is 11.8 Å². The number of ether oxygens (including phenoxy) is 2. The predicted octanol–water partition coefficient (Wildman–Crippen LogP) is 2.84. The molecule has 1 N–H and O–H groups in total. The molecule has 3 aliphatic heterocycles. The zero-order chi connectivity index (χ0) is 26.0. The minimum absolute atomic E-state index is 0.00323. The molecule has 4 rings (SSSR count). The van der Waals surface area contributed by atoms with Gasteiger partial charge in [-0.2, -0.15) is 0 Å². The van der Waals surface area contributed by atoms with Crippen molar-refractivity contribution < 1.29 is 28.7 Å². The van der Waals surface area contributed by atoms with Gasteiger partial charge in [0.2, 0.25) is 5.91 Å². The molecule has 0 saturated carbocycles. The first-order chi connectivity index (χ1) is 17.0. The van der Waals surface area contributed by atoms with Crippen molar-refractivity contribution in [2.24, 2.45) is 0 Å². The Morgan fingerprint density at radius 2 is 1.81 bits per heavy atom. The zero-order valence-corrected chi connectivity index (χ0v) is 20.9. The molecule has 2 fully saturated rings. The van der Waals surface area contributed by atoms with Crippen LogP contribution in [-0.4, -0.2) is 71.1 Å². The maximum absolute atomic E-state index is 13.0. The Morgan fingerprint density at radius 3 is 2.47 bits per heavy atom. The average molecular weight is 494 g/mol. The lowest BCUT2D eigenvalue weighted by Crippen LogP contribution is -2.51. The summed E-state index contributed by atoms with van der Waals surface area (Å²) in [5, 5.41) is 2.62. The summed E-state index contributed by atoms with van der Waals surface area (Å²) in [5.74, 6) is 4.59. The third kappa shape index (κ3) is 5.60. The molecule has 3 heterocycles. The molecule has 1 aromatic carbocycles. The maximum atomic E-state index is 13.0. The summed E-state index contributed by atoms with van der Waals surface area (Å²) in [6.45, 7) is 10.6. The number of carbonyl (C=O) groups is 4. The highest BCUT2D eigenvalue weighted by atomic mass is 16.6. The summed E-state index contributed by atoms with van der Waals surface area (Å²) < 4.78 is 11.3. The van der Waals surface area contributed by atoms with E-state index in [9.17, 15) is 19.2 Å². The van der Waals surface area contributed by atoms with Gasteiger partial charge in [-0.3, -0.25) is 19.3 Å². The topological polar surface area (TPSA) is 105 Å². The van der Waals surface area contributed by atoms with Gasteiger partial charge < -0.3 is 19.7 Å². The van der Waals surface area contributed by atoms with E-state index in [4.69, 9.17) is 9.47 Å². The molecule has 0 aliphatic carbocycles. The second-order valence-electron chi connectivity index (χ2n) is 10.2. The number of fused-ring (bicyclic) bond motifs is 1. The Balaban J connectivity index is 1.30. The lowest BCUT2D eigenvalue weighted by atomic mass is 10.0. The first-order valence-corrected chi connectivity index (χ1v) is 12.1. The van der Waals surface area contributed by atoms with Crippen LogP contribution in [0.25, 0.3) is 0 Å². The number of amides is 4. The molecular weight excluding hydrogens is 462 g/mol. The van der Waals surface area contributed by atoms with Crippen molar-refractivity contribution in [2.45, 2.75) is 64.2 Å². The van der Waals surface area contributed by atoms with Gasteiger partial charge in [0.05, 0.1) is 17.2 Å². The molecule has 1 atom stereocenters. The van der Waals surface area contributed by atoms with Gasteiger partial charge in [-0.1, -0.05) is 18.4 Å². The van der Waals surface area contributed by atoms with Crippen LogP contribution in [0.5, 0.6) is 0 Å². The number of allylic oxidation sites excluding steroid dienone is 1. The zero-order valence-electron chi connectivity index (χ0n) is 20.9. The number of piperidine rings is 2. The standard InChI is InChI=1S/C27H31N3O6/c1-17-7-10-22(23(31)28-17)30-24(32)20-9-8-18(16-21(20)25(30)33)6-5-15-35-19-11-13-29(14-12-19)26(34)36-27(2,3)4/h8-9,16,19,22H,1,7,10-15H2,2-4H3,(H,28,31). The van der Waals surface area contributed by atoms with E-state index in [0.29, 0.717) is 50.0 Å². The Labute approximate surface area is 210 Å².